The maximum absolute atomic E-state index is 12.6. The molecule has 0 spiro atoms. The topological polar surface area (TPSA) is 23.6 Å². The van der Waals surface area contributed by atoms with E-state index in [1.807, 2.05) is 18.0 Å². The first kappa shape index (κ1) is 20.5. The average Bonchev–Trinajstić information content (AvgIpc) is 2.58. The van der Waals surface area contributed by atoms with E-state index in [0.29, 0.717) is 28.4 Å². The fourth-order valence-electron chi connectivity index (χ4n) is 3.78. The highest BCUT2D eigenvalue weighted by atomic mass is 35.5. The number of likely N-dealkylation sites (N-methyl/N-ethyl adjacent to an activating group) is 1. The maximum Gasteiger partial charge on any atom is 0.226 e. The number of hydrogen-bond donors (Lipinski definition) is 0. The van der Waals surface area contributed by atoms with Gasteiger partial charge in [0.15, 0.2) is 0 Å². The number of likely N-dealkylation sites (tertiary alicyclic amines) is 1. The number of nitrogens with zero attached hydrogens (tertiary/aromatic N) is 2. The lowest BCUT2D eigenvalue weighted by atomic mass is 9.66. The summed E-state index contributed by atoms with van der Waals surface area (Å²) in [6.07, 6.45) is 2.59. The Hall–Kier alpha value is -0.770. The molecule has 25 heavy (non-hydrogen) atoms. The first-order valence-electron chi connectivity index (χ1n) is 9.03. The van der Waals surface area contributed by atoms with Crippen molar-refractivity contribution >= 4 is 29.1 Å². The molecule has 1 heterocycles. The molecular formula is C20H30Cl2N2O. The third-order valence-electron chi connectivity index (χ3n) is 6.41. The van der Waals surface area contributed by atoms with Crippen LogP contribution in [0.4, 0.5) is 0 Å². The van der Waals surface area contributed by atoms with Gasteiger partial charge in [-0.3, -0.25) is 4.79 Å². The van der Waals surface area contributed by atoms with E-state index in [1.54, 1.807) is 12.1 Å². The average molecular weight is 385 g/mol. The van der Waals surface area contributed by atoms with E-state index in [0.717, 1.165) is 25.1 Å². The molecule has 1 saturated heterocycles. The number of halogens is 2. The minimum absolute atomic E-state index is 0.117. The van der Waals surface area contributed by atoms with Gasteiger partial charge in [-0.1, -0.05) is 43.1 Å². The van der Waals surface area contributed by atoms with Gasteiger partial charge in [0, 0.05) is 19.6 Å². The number of amides is 1. The molecule has 1 aliphatic rings. The SMILES string of the molecule is CC1CCN(C)C(C)C1(C)CCN(C)C(=O)Cc1ccc(Cl)c(Cl)c1. The van der Waals surface area contributed by atoms with Crippen LogP contribution in [-0.4, -0.2) is 48.9 Å². The van der Waals surface area contributed by atoms with E-state index in [9.17, 15) is 4.79 Å². The molecule has 1 aliphatic heterocycles. The molecule has 0 N–H and O–H groups in total. The van der Waals surface area contributed by atoms with Crippen LogP contribution in [0.25, 0.3) is 0 Å². The lowest BCUT2D eigenvalue weighted by Gasteiger charge is -2.50. The van der Waals surface area contributed by atoms with Gasteiger partial charge in [-0.15, -0.1) is 0 Å². The number of carbonyl (C=O) groups excluding carboxylic acids is 1. The van der Waals surface area contributed by atoms with E-state index in [4.69, 9.17) is 23.2 Å². The van der Waals surface area contributed by atoms with E-state index in [-0.39, 0.29) is 11.3 Å². The minimum atomic E-state index is 0.117. The predicted molar refractivity (Wildman–Crippen MR) is 106 cm³/mol. The van der Waals surface area contributed by atoms with Crippen molar-refractivity contribution in [3.63, 3.8) is 0 Å². The summed E-state index contributed by atoms with van der Waals surface area (Å²) >= 11 is 12.0. The third-order valence-corrected chi connectivity index (χ3v) is 7.15. The van der Waals surface area contributed by atoms with Crippen LogP contribution in [0.5, 0.6) is 0 Å². The maximum atomic E-state index is 12.6. The van der Waals surface area contributed by atoms with Gasteiger partial charge < -0.3 is 9.80 Å². The molecular weight excluding hydrogens is 355 g/mol. The minimum Gasteiger partial charge on any atom is -0.345 e. The number of hydrogen-bond acceptors (Lipinski definition) is 2. The Kier molecular flexibility index (Phi) is 6.80. The van der Waals surface area contributed by atoms with Crippen LogP contribution in [-0.2, 0) is 11.2 Å². The Morgan fingerprint density at radius 2 is 2.00 bits per heavy atom. The number of carbonyl (C=O) groups is 1. The van der Waals surface area contributed by atoms with E-state index < -0.39 is 0 Å². The van der Waals surface area contributed by atoms with Crippen LogP contribution < -0.4 is 0 Å². The molecule has 140 valence electrons. The molecule has 3 atom stereocenters. The molecule has 3 nitrogen and oxygen atoms in total. The number of piperidine rings is 1. The van der Waals surface area contributed by atoms with Crippen molar-refractivity contribution in [2.24, 2.45) is 11.3 Å². The molecule has 0 saturated carbocycles. The number of rotatable bonds is 5. The van der Waals surface area contributed by atoms with Crippen LogP contribution in [0.3, 0.4) is 0 Å². The van der Waals surface area contributed by atoms with Crippen molar-refractivity contribution in [3.8, 4) is 0 Å². The lowest BCUT2D eigenvalue weighted by molar-refractivity contribution is -0.130. The molecule has 1 amide bonds. The lowest BCUT2D eigenvalue weighted by Crippen LogP contribution is -2.52. The summed E-state index contributed by atoms with van der Waals surface area (Å²) in [4.78, 5) is 16.8. The van der Waals surface area contributed by atoms with Crippen LogP contribution in [0.2, 0.25) is 10.0 Å². The van der Waals surface area contributed by atoms with Crippen molar-refractivity contribution in [2.75, 3.05) is 27.2 Å². The molecule has 1 fully saturated rings. The van der Waals surface area contributed by atoms with Crippen molar-refractivity contribution in [3.05, 3.63) is 33.8 Å². The van der Waals surface area contributed by atoms with Gasteiger partial charge in [0.2, 0.25) is 5.91 Å². The van der Waals surface area contributed by atoms with Crippen molar-refractivity contribution in [2.45, 2.75) is 46.1 Å². The van der Waals surface area contributed by atoms with E-state index in [2.05, 4.69) is 32.7 Å². The second kappa shape index (κ2) is 8.28. The van der Waals surface area contributed by atoms with Gasteiger partial charge in [-0.25, -0.2) is 0 Å². The summed E-state index contributed by atoms with van der Waals surface area (Å²) in [5.41, 5.74) is 1.13. The highest BCUT2D eigenvalue weighted by Gasteiger charge is 2.41. The van der Waals surface area contributed by atoms with Gasteiger partial charge in [0.1, 0.15) is 0 Å². The summed E-state index contributed by atoms with van der Waals surface area (Å²) in [7, 11) is 4.10. The van der Waals surface area contributed by atoms with Crippen LogP contribution in [0, 0.1) is 11.3 Å². The van der Waals surface area contributed by atoms with Crippen molar-refractivity contribution in [1.29, 1.82) is 0 Å². The molecule has 5 heteroatoms. The highest BCUT2D eigenvalue weighted by molar-refractivity contribution is 6.42. The zero-order valence-electron chi connectivity index (χ0n) is 16.0. The molecule has 0 aromatic heterocycles. The molecule has 1 aromatic carbocycles. The van der Waals surface area contributed by atoms with Crippen molar-refractivity contribution in [1.82, 2.24) is 9.80 Å². The smallest absolute Gasteiger partial charge is 0.226 e. The summed E-state index contributed by atoms with van der Waals surface area (Å²) in [6.45, 7) is 8.96. The van der Waals surface area contributed by atoms with Gasteiger partial charge in [-0.2, -0.15) is 0 Å². The normalized spacial score (nSPS) is 27.3. The monoisotopic (exact) mass is 384 g/mol. The largest absolute Gasteiger partial charge is 0.345 e. The Labute approximate surface area is 162 Å². The van der Waals surface area contributed by atoms with Crippen molar-refractivity contribution < 1.29 is 4.79 Å². The van der Waals surface area contributed by atoms with Gasteiger partial charge in [-0.05, 0) is 62.4 Å². The second-order valence-corrected chi connectivity index (χ2v) is 8.66. The second-order valence-electron chi connectivity index (χ2n) is 7.84. The standard InChI is InChI=1S/C20H30Cl2N2O/c1-14-8-10-23(4)15(2)20(14,3)9-11-24(5)19(25)13-16-6-7-17(21)18(22)12-16/h6-7,12,14-15H,8-11,13H2,1-5H3. The highest BCUT2D eigenvalue weighted by Crippen LogP contribution is 2.42. The number of benzene rings is 1. The zero-order chi connectivity index (χ0) is 18.8. The molecule has 0 aliphatic carbocycles. The van der Waals surface area contributed by atoms with E-state index >= 15 is 0 Å². The van der Waals surface area contributed by atoms with Crippen LogP contribution in [0.15, 0.2) is 18.2 Å². The fraction of sp³-hybridized carbons (Fsp3) is 0.650. The molecule has 0 radical (unpaired) electrons. The Morgan fingerprint density at radius 1 is 1.32 bits per heavy atom. The van der Waals surface area contributed by atoms with E-state index in [1.165, 1.54) is 6.42 Å². The van der Waals surface area contributed by atoms with Gasteiger partial charge in [0.05, 0.1) is 16.5 Å². The Balaban J connectivity index is 1.95. The van der Waals surface area contributed by atoms with Gasteiger partial charge in [0.25, 0.3) is 0 Å². The predicted octanol–water partition coefficient (Wildman–Crippen LogP) is 4.75. The third kappa shape index (κ3) is 4.69. The van der Waals surface area contributed by atoms with Crippen LogP contribution in [0.1, 0.15) is 39.2 Å². The fourth-order valence-corrected chi connectivity index (χ4v) is 4.10. The first-order valence-corrected chi connectivity index (χ1v) is 9.79. The van der Waals surface area contributed by atoms with Gasteiger partial charge >= 0.3 is 0 Å². The summed E-state index contributed by atoms with van der Waals surface area (Å²) in [5, 5.41) is 1.01. The Bertz CT molecular complexity index is 622. The molecule has 3 unspecified atom stereocenters. The Morgan fingerprint density at radius 3 is 2.64 bits per heavy atom. The molecule has 1 aromatic rings. The molecule has 0 bridgehead atoms. The summed E-state index contributed by atoms with van der Waals surface area (Å²) in [6, 6.07) is 5.91. The van der Waals surface area contributed by atoms with Crippen LogP contribution >= 0.6 is 23.2 Å². The first-order chi connectivity index (χ1) is 11.6. The quantitative estimate of drug-likeness (QED) is 0.730. The summed E-state index contributed by atoms with van der Waals surface area (Å²) in [5.74, 6) is 0.781. The summed E-state index contributed by atoms with van der Waals surface area (Å²) < 4.78 is 0. The molecule has 2 rings (SSSR count). The zero-order valence-corrected chi connectivity index (χ0v) is 17.5.